The van der Waals surface area contributed by atoms with E-state index < -0.39 is 0 Å². The van der Waals surface area contributed by atoms with Crippen LogP contribution in [0.25, 0.3) is 10.9 Å². The van der Waals surface area contributed by atoms with Crippen LogP contribution in [0.1, 0.15) is 36.8 Å². The van der Waals surface area contributed by atoms with Gasteiger partial charge in [-0.1, -0.05) is 37.3 Å². The molecule has 4 rings (SSSR count). The molecule has 1 N–H and O–H groups in total. The zero-order valence-electron chi connectivity index (χ0n) is 18.5. The Morgan fingerprint density at radius 3 is 2.56 bits per heavy atom. The van der Waals surface area contributed by atoms with E-state index in [4.69, 9.17) is 0 Å². The second kappa shape index (κ2) is 9.96. The number of aryl methyl sites for hydroxylation is 1. The topological polar surface area (TPSA) is 82.5 Å². The van der Waals surface area contributed by atoms with Gasteiger partial charge in [0, 0.05) is 61.8 Å². The van der Waals surface area contributed by atoms with Gasteiger partial charge < -0.3 is 14.8 Å². The first-order valence-corrected chi connectivity index (χ1v) is 11.3. The number of fused-ring (bicyclic) bond motifs is 1. The maximum Gasteiger partial charge on any atom is 0.270 e. The number of non-ortho nitro benzene ring substituents is 1. The quantitative estimate of drug-likeness (QED) is 0.422. The van der Waals surface area contributed by atoms with Crippen LogP contribution in [-0.2, 0) is 11.2 Å². The highest BCUT2D eigenvalue weighted by molar-refractivity contribution is 5.87. The number of carbonyl (C=O) groups excluding carboxylic acids is 1. The molecule has 1 aromatic heterocycles. The molecule has 1 aliphatic heterocycles. The van der Waals surface area contributed by atoms with E-state index in [1.165, 1.54) is 11.6 Å². The summed E-state index contributed by atoms with van der Waals surface area (Å²) in [5.74, 6) is 0.154. The molecule has 1 fully saturated rings. The van der Waals surface area contributed by atoms with Crippen molar-refractivity contribution in [3.8, 4) is 0 Å². The van der Waals surface area contributed by atoms with Crippen molar-refractivity contribution in [1.82, 2.24) is 14.8 Å². The fraction of sp³-hybridized carbons (Fsp3) is 0.400. The lowest BCUT2D eigenvalue weighted by Crippen LogP contribution is -2.48. The van der Waals surface area contributed by atoms with Gasteiger partial charge in [-0.05, 0) is 42.5 Å². The molecule has 0 saturated carbocycles. The van der Waals surface area contributed by atoms with Crippen LogP contribution in [0.2, 0.25) is 0 Å². The first-order chi connectivity index (χ1) is 15.5. The predicted octanol–water partition coefficient (Wildman–Crippen LogP) is 4.35. The van der Waals surface area contributed by atoms with Crippen molar-refractivity contribution in [3.63, 3.8) is 0 Å². The van der Waals surface area contributed by atoms with Crippen LogP contribution in [-0.4, -0.2) is 58.3 Å². The molecule has 3 aromatic rings. The Hall–Kier alpha value is -3.19. The standard InChI is InChI=1S/C25H30N4O3/c1-2-27-12-14-28(15-13-27)25(30)16-20(9-8-19-6-4-3-5-7-19)23-18-26-24-11-10-21(29(31)32)17-22(23)24/h3-7,10-11,17-18,20,26H,2,8-9,12-16H2,1H3/t20-/m1/s1. The normalized spacial score (nSPS) is 15.7. The number of nitrogens with zero attached hydrogens (tertiary/aromatic N) is 3. The van der Waals surface area contributed by atoms with Crippen LogP contribution in [0.5, 0.6) is 0 Å². The molecule has 0 spiro atoms. The van der Waals surface area contributed by atoms with Crippen molar-refractivity contribution >= 4 is 22.5 Å². The molecule has 32 heavy (non-hydrogen) atoms. The van der Waals surface area contributed by atoms with Crippen LogP contribution >= 0.6 is 0 Å². The van der Waals surface area contributed by atoms with E-state index >= 15 is 0 Å². The summed E-state index contributed by atoms with van der Waals surface area (Å²) in [6, 6.07) is 15.1. The molecule has 7 nitrogen and oxygen atoms in total. The summed E-state index contributed by atoms with van der Waals surface area (Å²) < 4.78 is 0. The third-order valence-electron chi connectivity index (χ3n) is 6.57. The molecule has 0 radical (unpaired) electrons. The third kappa shape index (κ3) is 4.99. The minimum Gasteiger partial charge on any atom is -0.361 e. The molecular formula is C25H30N4O3. The first kappa shape index (κ1) is 22.0. The number of hydrogen-bond donors (Lipinski definition) is 1. The molecule has 0 aliphatic carbocycles. The van der Waals surface area contributed by atoms with Crippen molar-refractivity contribution in [2.45, 2.75) is 32.1 Å². The number of nitro benzene ring substituents is 1. The summed E-state index contributed by atoms with van der Waals surface area (Å²) in [4.78, 5) is 31.7. The maximum atomic E-state index is 13.2. The Balaban J connectivity index is 1.57. The summed E-state index contributed by atoms with van der Waals surface area (Å²) in [5.41, 5.74) is 3.15. The number of aromatic nitrogens is 1. The first-order valence-electron chi connectivity index (χ1n) is 11.3. The van der Waals surface area contributed by atoms with Gasteiger partial charge in [-0.2, -0.15) is 0 Å². The van der Waals surface area contributed by atoms with Crippen LogP contribution in [0, 0.1) is 10.1 Å². The van der Waals surface area contributed by atoms with Crippen molar-refractivity contribution in [1.29, 1.82) is 0 Å². The van der Waals surface area contributed by atoms with Crippen LogP contribution < -0.4 is 0 Å². The van der Waals surface area contributed by atoms with Gasteiger partial charge in [-0.25, -0.2) is 0 Å². The smallest absolute Gasteiger partial charge is 0.270 e. The number of likely N-dealkylation sites (N-methyl/N-ethyl adjacent to an activating group) is 1. The lowest BCUT2D eigenvalue weighted by atomic mass is 9.88. The molecule has 1 aliphatic rings. The van der Waals surface area contributed by atoms with Crippen LogP contribution in [0.4, 0.5) is 5.69 Å². The Labute approximate surface area is 188 Å². The van der Waals surface area contributed by atoms with Crippen molar-refractivity contribution < 1.29 is 9.72 Å². The van der Waals surface area contributed by atoms with E-state index in [1.807, 2.05) is 29.3 Å². The van der Waals surface area contributed by atoms with Gasteiger partial charge in [0.05, 0.1) is 4.92 Å². The van der Waals surface area contributed by atoms with Gasteiger partial charge in [-0.15, -0.1) is 0 Å². The number of aromatic amines is 1. The minimum absolute atomic E-state index is 0.0114. The highest BCUT2D eigenvalue weighted by Crippen LogP contribution is 2.34. The number of carbonyl (C=O) groups is 1. The fourth-order valence-electron chi connectivity index (χ4n) is 4.59. The highest BCUT2D eigenvalue weighted by Gasteiger charge is 2.26. The Kier molecular flexibility index (Phi) is 6.85. The molecule has 168 valence electrons. The number of hydrogen-bond acceptors (Lipinski definition) is 4. The van der Waals surface area contributed by atoms with Gasteiger partial charge in [0.1, 0.15) is 0 Å². The van der Waals surface area contributed by atoms with Crippen LogP contribution in [0.3, 0.4) is 0 Å². The summed E-state index contributed by atoms with van der Waals surface area (Å²) in [5, 5.41) is 12.2. The maximum absolute atomic E-state index is 13.2. The second-order valence-corrected chi connectivity index (χ2v) is 8.47. The lowest BCUT2D eigenvalue weighted by molar-refractivity contribution is -0.384. The zero-order chi connectivity index (χ0) is 22.5. The molecule has 1 saturated heterocycles. The van der Waals surface area contributed by atoms with Crippen molar-refractivity contribution in [3.05, 3.63) is 76.0 Å². The third-order valence-corrected chi connectivity index (χ3v) is 6.57. The number of nitro groups is 1. The van der Waals surface area contributed by atoms with Gasteiger partial charge in [0.15, 0.2) is 0 Å². The summed E-state index contributed by atoms with van der Waals surface area (Å²) in [6.07, 6.45) is 3.99. The summed E-state index contributed by atoms with van der Waals surface area (Å²) >= 11 is 0. The Bertz CT molecular complexity index is 1070. The monoisotopic (exact) mass is 434 g/mol. The van der Waals surface area contributed by atoms with Gasteiger partial charge in [0.2, 0.25) is 5.91 Å². The van der Waals surface area contributed by atoms with Gasteiger partial charge in [0.25, 0.3) is 5.69 Å². The number of nitrogens with one attached hydrogen (secondary N) is 1. The molecule has 1 amide bonds. The van der Waals surface area contributed by atoms with E-state index in [-0.39, 0.29) is 22.4 Å². The number of piperazine rings is 1. The Morgan fingerprint density at radius 2 is 1.88 bits per heavy atom. The minimum atomic E-state index is -0.367. The van der Waals surface area contributed by atoms with Gasteiger partial charge >= 0.3 is 0 Å². The van der Waals surface area contributed by atoms with E-state index in [9.17, 15) is 14.9 Å². The highest BCUT2D eigenvalue weighted by atomic mass is 16.6. The number of amides is 1. The lowest BCUT2D eigenvalue weighted by Gasteiger charge is -2.34. The van der Waals surface area contributed by atoms with E-state index in [1.54, 1.807) is 12.1 Å². The van der Waals surface area contributed by atoms with Crippen LogP contribution in [0.15, 0.2) is 54.7 Å². The fourth-order valence-corrected chi connectivity index (χ4v) is 4.59. The van der Waals surface area contributed by atoms with E-state index in [0.717, 1.165) is 62.0 Å². The average molecular weight is 435 g/mol. The molecule has 0 bridgehead atoms. The number of rotatable bonds is 8. The largest absolute Gasteiger partial charge is 0.361 e. The molecule has 1 atom stereocenters. The predicted molar refractivity (Wildman–Crippen MR) is 126 cm³/mol. The SMILES string of the molecule is CCN1CCN(C(=O)C[C@@H](CCc2ccccc2)c2c[nH]c3ccc([N+](=O)[O-])cc23)CC1. The summed E-state index contributed by atoms with van der Waals surface area (Å²) in [6.45, 7) is 6.50. The number of benzene rings is 2. The molecule has 2 aromatic carbocycles. The van der Waals surface area contributed by atoms with Crippen molar-refractivity contribution in [2.24, 2.45) is 0 Å². The van der Waals surface area contributed by atoms with E-state index in [2.05, 4.69) is 28.9 Å². The molecule has 0 unspecified atom stereocenters. The average Bonchev–Trinajstić information content (AvgIpc) is 3.25. The molecule has 7 heteroatoms. The number of H-pyrrole nitrogens is 1. The molecule has 2 heterocycles. The van der Waals surface area contributed by atoms with Gasteiger partial charge in [-0.3, -0.25) is 14.9 Å². The molecular weight excluding hydrogens is 404 g/mol. The Morgan fingerprint density at radius 1 is 1.12 bits per heavy atom. The zero-order valence-corrected chi connectivity index (χ0v) is 18.5. The second-order valence-electron chi connectivity index (χ2n) is 8.47. The van der Waals surface area contributed by atoms with Crippen molar-refractivity contribution in [2.75, 3.05) is 32.7 Å². The van der Waals surface area contributed by atoms with E-state index in [0.29, 0.717) is 6.42 Å². The summed E-state index contributed by atoms with van der Waals surface area (Å²) in [7, 11) is 0.